The summed E-state index contributed by atoms with van der Waals surface area (Å²) in [5.74, 6) is -0.964. The third-order valence-electron chi connectivity index (χ3n) is 4.73. The summed E-state index contributed by atoms with van der Waals surface area (Å²) < 4.78 is 29.9. The Morgan fingerprint density at radius 2 is 2.00 bits per heavy atom. The lowest BCUT2D eigenvalue weighted by Gasteiger charge is -2.28. The maximum absolute atomic E-state index is 12.8. The second-order valence-corrected chi connectivity index (χ2v) is 8.41. The fourth-order valence-electron chi connectivity index (χ4n) is 3.40. The van der Waals surface area contributed by atoms with Gasteiger partial charge in [-0.15, -0.1) is 0 Å². The molecule has 168 valence electrons. The molecule has 1 aromatic heterocycles. The van der Waals surface area contributed by atoms with Gasteiger partial charge in [-0.3, -0.25) is 14.5 Å². The molecule has 3 N–H and O–H groups in total. The van der Waals surface area contributed by atoms with Gasteiger partial charge in [-0.1, -0.05) is 0 Å². The second kappa shape index (κ2) is 8.91. The van der Waals surface area contributed by atoms with Crippen LogP contribution in [0.4, 0.5) is 19.3 Å². The summed E-state index contributed by atoms with van der Waals surface area (Å²) in [5, 5.41) is 5.57. The van der Waals surface area contributed by atoms with Crippen molar-refractivity contribution < 1.29 is 27.9 Å². The summed E-state index contributed by atoms with van der Waals surface area (Å²) in [4.78, 5) is 41.4. The molecule has 0 radical (unpaired) electrons. The van der Waals surface area contributed by atoms with E-state index in [2.05, 4.69) is 15.6 Å². The lowest BCUT2D eigenvalue weighted by Crippen LogP contribution is -2.45. The third kappa shape index (κ3) is 5.71. The van der Waals surface area contributed by atoms with Gasteiger partial charge in [0.25, 0.3) is 12.3 Å². The van der Waals surface area contributed by atoms with Crippen molar-refractivity contribution in [2.45, 2.75) is 51.7 Å². The van der Waals surface area contributed by atoms with E-state index in [0.29, 0.717) is 36.0 Å². The molecular formula is C21H26F2N4O4. The molecule has 2 aromatic rings. The van der Waals surface area contributed by atoms with E-state index < -0.39 is 36.6 Å². The number of hydrogen-bond donors (Lipinski definition) is 3. The average molecular weight is 436 g/mol. The van der Waals surface area contributed by atoms with E-state index in [9.17, 15) is 23.2 Å². The first kappa shape index (κ1) is 22.5. The molecule has 0 saturated carbocycles. The van der Waals surface area contributed by atoms with Gasteiger partial charge in [0.05, 0.1) is 6.54 Å². The van der Waals surface area contributed by atoms with E-state index >= 15 is 0 Å². The maximum Gasteiger partial charge on any atom is 0.410 e. The average Bonchev–Trinajstić information content (AvgIpc) is 3.31. The van der Waals surface area contributed by atoms with Gasteiger partial charge in [-0.05, 0) is 57.9 Å². The lowest BCUT2D eigenvalue weighted by molar-refractivity contribution is -0.120. The monoisotopic (exact) mass is 436 g/mol. The van der Waals surface area contributed by atoms with E-state index in [1.807, 2.05) is 0 Å². The minimum atomic E-state index is -2.63. The van der Waals surface area contributed by atoms with Crippen LogP contribution in [-0.4, -0.2) is 58.9 Å². The molecule has 0 aliphatic carbocycles. The number of aromatic nitrogens is 1. The number of rotatable bonds is 5. The van der Waals surface area contributed by atoms with Gasteiger partial charge in [0.1, 0.15) is 17.3 Å². The van der Waals surface area contributed by atoms with Gasteiger partial charge >= 0.3 is 6.09 Å². The minimum Gasteiger partial charge on any atom is -0.444 e. The number of aromatic amines is 1. The number of H-pyrrole nitrogens is 1. The quantitative estimate of drug-likeness (QED) is 0.667. The highest BCUT2D eigenvalue weighted by Gasteiger charge is 2.36. The number of likely N-dealkylation sites (tertiary alicyclic amines) is 1. The Hall–Kier alpha value is -3.17. The van der Waals surface area contributed by atoms with Crippen molar-refractivity contribution in [3.05, 3.63) is 30.0 Å². The summed E-state index contributed by atoms with van der Waals surface area (Å²) in [6.45, 7) is 5.02. The normalized spacial score (nSPS) is 16.6. The highest BCUT2D eigenvalue weighted by molar-refractivity contribution is 6.01. The summed E-state index contributed by atoms with van der Waals surface area (Å²) in [7, 11) is 0. The van der Waals surface area contributed by atoms with Crippen LogP contribution in [0.3, 0.4) is 0 Å². The van der Waals surface area contributed by atoms with Crippen molar-refractivity contribution in [2.75, 3.05) is 18.4 Å². The number of benzene rings is 1. The van der Waals surface area contributed by atoms with Gasteiger partial charge in [-0.25, -0.2) is 13.6 Å². The molecule has 1 aliphatic heterocycles. The molecule has 1 aromatic carbocycles. The Morgan fingerprint density at radius 1 is 1.26 bits per heavy atom. The molecule has 3 amide bonds. The molecule has 3 rings (SSSR count). The van der Waals surface area contributed by atoms with Crippen LogP contribution in [0.1, 0.15) is 44.1 Å². The number of carbonyl (C=O) groups excluding carboxylic acids is 3. The first-order valence-electron chi connectivity index (χ1n) is 10.0. The van der Waals surface area contributed by atoms with E-state index in [1.165, 1.54) is 11.0 Å². The van der Waals surface area contributed by atoms with E-state index in [1.54, 1.807) is 39.0 Å². The Balaban J connectivity index is 1.69. The molecule has 1 saturated heterocycles. The van der Waals surface area contributed by atoms with Crippen molar-refractivity contribution >= 4 is 34.5 Å². The molecule has 0 unspecified atom stereocenters. The van der Waals surface area contributed by atoms with Gasteiger partial charge in [-0.2, -0.15) is 0 Å². The summed E-state index contributed by atoms with van der Waals surface area (Å²) in [5.41, 5.74) is 0.605. The molecule has 1 atom stereocenters. The SMILES string of the molecule is CC(C)(C)OC(=O)N1CCC[C@H]1C(=O)Nc1ccc2[nH]c(C(=O)NCC(F)F)cc2c1. The van der Waals surface area contributed by atoms with Crippen molar-refractivity contribution in [3.8, 4) is 0 Å². The highest BCUT2D eigenvalue weighted by atomic mass is 19.3. The number of carbonyl (C=O) groups is 3. The number of nitrogens with one attached hydrogen (secondary N) is 3. The molecule has 1 fully saturated rings. The van der Waals surface area contributed by atoms with Gasteiger partial charge in [0, 0.05) is 23.1 Å². The summed E-state index contributed by atoms with van der Waals surface area (Å²) in [6.07, 6.45) is -1.92. The zero-order valence-corrected chi connectivity index (χ0v) is 17.6. The van der Waals surface area contributed by atoms with Gasteiger partial charge in [0.15, 0.2) is 0 Å². The van der Waals surface area contributed by atoms with Crippen LogP contribution in [0.25, 0.3) is 10.9 Å². The van der Waals surface area contributed by atoms with Crippen LogP contribution in [0, 0.1) is 0 Å². The number of nitrogens with zero attached hydrogens (tertiary/aromatic N) is 1. The van der Waals surface area contributed by atoms with E-state index in [4.69, 9.17) is 4.74 Å². The van der Waals surface area contributed by atoms with Crippen LogP contribution in [0.15, 0.2) is 24.3 Å². The van der Waals surface area contributed by atoms with Crippen LogP contribution in [0.5, 0.6) is 0 Å². The second-order valence-electron chi connectivity index (χ2n) is 8.41. The number of ether oxygens (including phenoxy) is 1. The zero-order chi connectivity index (χ0) is 22.8. The first-order valence-corrected chi connectivity index (χ1v) is 10.0. The van der Waals surface area contributed by atoms with E-state index in [-0.39, 0.29) is 11.6 Å². The predicted molar refractivity (Wildman–Crippen MR) is 111 cm³/mol. The number of hydrogen-bond acceptors (Lipinski definition) is 4. The number of halogens is 2. The molecule has 8 nitrogen and oxygen atoms in total. The van der Waals surface area contributed by atoms with Crippen molar-refractivity contribution in [2.24, 2.45) is 0 Å². The molecule has 0 bridgehead atoms. The smallest absolute Gasteiger partial charge is 0.410 e. The fourth-order valence-corrected chi connectivity index (χ4v) is 3.40. The third-order valence-corrected chi connectivity index (χ3v) is 4.73. The standard InChI is InChI=1S/C21H26F2N4O4/c1-21(2,3)31-20(30)27-8-4-5-16(27)19(29)25-13-6-7-14-12(9-13)10-15(26-14)18(28)24-11-17(22)23/h6-7,9-10,16-17,26H,4-5,8,11H2,1-3H3,(H,24,28)(H,25,29)/t16-/m0/s1. The zero-order valence-electron chi connectivity index (χ0n) is 17.6. The molecule has 2 heterocycles. The molecule has 1 aliphatic rings. The topological polar surface area (TPSA) is 104 Å². The van der Waals surface area contributed by atoms with E-state index in [0.717, 1.165) is 0 Å². The van der Waals surface area contributed by atoms with Gasteiger partial charge < -0.3 is 20.4 Å². The summed E-state index contributed by atoms with van der Waals surface area (Å²) in [6, 6.07) is 5.89. The Kier molecular flexibility index (Phi) is 6.47. The Labute approximate surface area is 178 Å². The Morgan fingerprint density at radius 3 is 2.68 bits per heavy atom. The lowest BCUT2D eigenvalue weighted by atomic mass is 10.2. The highest BCUT2D eigenvalue weighted by Crippen LogP contribution is 2.24. The van der Waals surface area contributed by atoms with Crippen LogP contribution >= 0.6 is 0 Å². The van der Waals surface area contributed by atoms with Crippen LogP contribution < -0.4 is 10.6 Å². The minimum absolute atomic E-state index is 0.144. The first-order chi connectivity index (χ1) is 14.5. The predicted octanol–water partition coefficient (Wildman–Crippen LogP) is 3.50. The van der Waals surface area contributed by atoms with Crippen molar-refractivity contribution in [3.63, 3.8) is 0 Å². The molecular weight excluding hydrogens is 410 g/mol. The van der Waals surface area contributed by atoms with Crippen molar-refractivity contribution in [1.29, 1.82) is 0 Å². The van der Waals surface area contributed by atoms with Crippen LogP contribution in [0.2, 0.25) is 0 Å². The Bertz CT molecular complexity index is 983. The fraction of sp³-hybridized carbons (Fsp3) is 0.476. The van der Waals surface area contributed by atoms with Crippen LogP contribution in [-0.2, 0) is 9.53 Å². The number of anilines is 1. The maximum atomic E-state index is 12.8. The molecule has 0 spiro atoms. The number of amides is 3. The molecule has 10 heteroatoms. The number of fused-ring (bicyclic) bond motifs is 1. The largest absolute Gasteiger partial charge is 0.444 e. The number of alkyl halides is 2. The van der Waals surface area contributed by atoms with Crippen molar-refractivity contribution in [1.82, 2.24) is 15.2 Å². The molecule has 31 heavy (non-hydrogen) atoms. The van der Waals surface area contributed by atoms with Gasteiger partial charge in [0.2, 0.25) is 5.91 Å². The summed E-state index contributed by atoms with van der Waals surface area (Å²) >= 11 is 0.